The fourth-order valence-electron chi connectivity index (χ4n) is 0.908. The molecule has 0 bridgehead atoms. The number of hydrogen-bond donors (Lipinski definition) is 2. The molecule has 2 N–H and O–H groups in total. The molecule has 0 spiro atoms. The smallest absolute Gasteiger partial charge is 0.423 e. The van der Waals surface area contributed by atoms with E-state index in [-0.39, 0.29) is 23.6 Å². The van der Waals surface area contributed by atoms with Gasteiger partial charge in [-0.15, -0.1) is 0 Å². The summed E-state index contributed by atoms with van der Waals surface area (Å²) in [5.41, 5.74) is 0.596. The van der Waals surface area contributed by atoms with E-state index in [2.05, 4.69) is 0 Å². The van der Waals surface area contributed by atoms with Crippen LogP contribution in [0.15, 0.2) is 18.1 Å². The number of benzene rings is 1. The van der Waals surface area contributed by atoms with Crippen LogP contribution in [0.1, 0.15) is 15.2 Å². The molecule has 58 valence electrons. The Labute approximate surface area is 70.9 Å². The molecule has 3 heteroatoms. The van der Waals surface area contributed by atoms with Gasteiger partial charge in [0.25, 0.3) is 0 Å². The van der Waals surface area contributed by atoms with E-state index in [1.807, 2.05) is 0 Å². The van der Waals surface area contributed by atoms with Gasteiger partial charge in [-0.05, 0) is 19.3 Å². The second kappa shape index (κ2) is 3.07. The molecule has 1 rings (SSSR count). The van der Waals surface area contributed by atoms with Crippen molar-refractivity contribution in [3.05, 3.63) is 29.3 Å². The first-order valence-electron chi connectivity index (χ1n) is 4.81. The van der Waals surface area contributed by atoms with E-state index < -0.39 is 7.12 Å². The Balaban J connectivity index is 3.60. The zero-order valence-corrected chi connectivity index (χ0v) is 6.47. The fourth-order valence-corrected chi connectivity index (χ4v) is 0.908. The van der Waals surface area contributed by atoms with Crippen molar-refractivity contribution < 1.29 is 14.2 Å². The van der Waals surface area contributed by atoms with Crippen LogP contribution < -0.4 is 5.46 Å². The van der Waals surface area contributed by atoms with Crippen molar-refractivity contribution >= 4 is 12.6 Å². The predicted octanol–water partition coefficient (Wildman–Crippen LogP) is -0.0168. The Morgan fingerprint density at radius 2 is 1.64 bits per heavy atom. The quantitative estimate of drug-likeness (QED) is 0.556. The normalized spacial score (nSPS) is 13.6. The standard InChI is InChI=1S/C8H11BO2/c1-6-3-7(2)5-8(4-6)9(10)11/h3-5,10-11H,1-2H3/i3D,4D,5D. The Bertz CT molecular complexity index is 350. The summed E-state index contributed by atoms with van der Waals surface area (Å²) in [7, 11) is -1.83. The van der Waals surface area contributed by atoms with Crippen LogP contribution in [0.5, 0.6) is 0 Å². The molecule has 0 aliphatic heterocycles. The third-order valence-corrected chi connectivity index (χ3v) is 1.28. The zero-order chi connectivity index (χ0) is 11.0. The molecular weight excluding hydrogens is 139 g/mol. The summed E-state index contributed by atoms with van der Waals surface area (Å²) >= 11 is 0. The van der Waals surface area contributed by atoms with Crippen LogP contribution in [0.2, 0.25) is 0 Å². The Morgan fingerprint density at radius 1 is 1.18 bits per heavy atom. The van der Waals surface area contributed by atoms with Gasteiger partial charge >= 0.3 is 7.12 Å². The predicted molar refractivity (Wildman–Crippen MR) is 45.7 cm³/mol. The summed E-state index contributed by atoms with van der Waals surface area (Å²) in [6.07, 6.45) is 0. The van der Waals surface area contributed by atoms with Crippen LogP contribution in [0, 0.1) is 13.8 Å². The lowest BCUT2D eigenvalue weighted by Crippen LogP contribution is -2.30. The average molecular weight is 153 g/mol. The van der Waals surface area contributed by atoms with Crippen LogP contribution >= 0.6 is 0 Å². The van der Waals surface area contributed by atoms with E-state index in [9.17, 15) is 0 Å². The van der Waals surface area contributed by atoms with E-state index in [0.717, 1.165) is 0 Å². The van der Waals surface area contributed by atoms with Gasteiger partial charge in [0.15, 0.2) is 0 Å². The molecular formula is C8H11BO2. The molecule has 11 heavy (non-hydrogen) atoms. The first-order chi connectivity index (χ1) is 6.37. The van der Waals surface area contributed by atoms with Crippen LogP contribution in [-0.2, 0) is 0 Å². The van der Waals surface area contributed by atoms with E-state index in [4.69, 9.17) is 14.2 Å². The largest absolute Gasteiger partial charge is 0.488 e. The van der Waals surface area contributed by atoms with Crippen molar-refractivity contribution in [1.29, 1.82) is 0 Å². The summed E-state index contributed by atoms with van der Waals surface area (Å²) in [5, 5.41) is 18.0. The maximum absolute atomic E-state index is 8.98. The summed E-state index contributed by atoms with van der Waals surface area (Å²) in [6, 6.07) is -0.161. The van der Waals surface area contributed by atoms with Gasteiger partial charge in [0.2, 0.25) is 0 Å². The first-order valence-corrected chi connectivity index (χ1v) is 3.31. The zero-order valence-electron chi connectivity index (χ0n) is 9.47. The lowest BCUT2D eigenvalue weighted by molar-refractivity contribution is 0.425. The van der Waals surface area contributed by atoms with Crippen LogP contribution in [0.25, 0.3) is 0 Å². The minimum atomic E-state index is -1.83. The van der Waals surface area contributed by atoms with Gasteiger partial charge in [-0.3, -0.25) is 0 Å². The minimum absolute atomic E-state index is 0.115. The highest BCUT2D eigenvalue weighted by molar-refractivity contribution is 6.58. The molecule has 0 fully saturated rings. The molecule has 1 aromatic rings. The van der Waals surface area contributed by atoms with Gasteiger partial charge in [0, 0.05) is 0 Å². The maximum Gasteiger partial charge on any atom is 0.488 e. The molecule has 2 nitrogen and oxygen atoms in total. The molecule has 0 aromatic heterocycles. The third-order valence-electron chi connectivity index (χ3n) is 1.28. The van der Waals surface area contributed by atoms with Gasteiger partial charge in [-0.2, -0.15) is 0 Å². The van der Waals surface area contributed by atoms with Crippen molar-refractivity contribution in [2.75, 3.05) is 0 Å². The Kier molecular flexibility index (Phi) is 1.38. The number of hydrogen-bond acceptors (Lipinski definition) is 2. The molecule has 0 aliphatic carbocycles. The maximum atomic E-state index is 8.98. The molecule has 0 saturated heterocycles. The van der Waals surface area contributed by atoms with Crippen molar-refractivity contribution in [3.8, 4) is 0 Å². The highest BCUT2D eigenvalue weighted by atomic mass is 16.4. The van der Waals surface area contributed by atoms with Crippen LogP contribution in [0.3, 0.4) is 0 Å². The van der Waals surface area contributed by atoms with Gasteiger partial charge in [0.05, 0.1) is 4.11 Å². The fraction of sp³-hybridized carbons (Fsp3) is 0.250. The molecule has 1 aromatic carbocycles. The van der Waals surface area contributed by atoms with Crippen molar-refractivity contribution in [3.63, 3.8) is 0 Å². The third kappa shape index (κ3) is 2.07. The van der Waals surface area contributed by atoms with E-state index in [1.165, 1.54) is 0 Å². The molecule has 0 atom stereocenters. The van der Waals surface area contributed by atoms with Gasteiger partial charge in [0.1, 0.15) is 0 Å². The van der Waals surface area contributed by atoms with Gasteiger partial charge in [-0.25, -0.2) is 0 Å². The summed E-state index contributed by atoms with van der Waals surface area (Å²) in [6.45, 7) is 3.12. The molecule has 0 unspecified atom stereocenters. The SMILES string of the molecule is [2H]c1c(C)c([2H])c(B(O)O)c([2H])c1C. The lowest BCUT2D eigenvalue weighted by atomic mass is 9.79. The van der Waals surface area contributed by atoms with E-state index in [1.54, 1.807) is 13.8 Å². The van der Waals surface area contributed by atoms with E-state index >= 15 is 0 Å². The molecule has 0 amide bonds. The van der Waals surface area contributed by atoms with E-state index in [0.29, 0.717) is 11.1 Å². The van der Waals surface area contributed by atoms with Gasteiger partial charge < -0.3 is 10.0 Å². The minimum Gasteiger partial charge on any atom is -0.423 e. The molecule has 0 saturated carbocycles. The lowest BCUT2D eigenvalue weighted by Gasteiger charge is -2.02. The van der Waals surface area contributed by atoms with Crippen molar-refractivity contribution in [1.82, 2.24) is 0 Å². The first kappa shape index (κ1) is 4.96. The monoisotopic (exact) mass is 153 g/mol. The molecule has 0 radical (unpaired) electrons. The van der Waals surface area contributed by atoms with Crippen LogP contribution in [0.4, 0.5) is 0 Å². The number of rotatable bonds is 1. The average Bonchev–Trinajstić information content (AvgIpc) is 2.11. The van der Waals surface area contributed by atoms with Crippen molar-refractivity contribution in [2.45, 2.75) is 13.8 Å². The van der Waals surface area contributed by atoms with Crippen LogP contribution in [-0.4, -0.2) is 17.2 Å². The second-order valence-corrected chi connectivity index (χ2v) is 2.41. The Hall–Kier alpha value is -0.795. The highest BCUT2D eigenvalue weighted by Crippen LogP contribution is 1.99. The van der Waals surface area contributed by atoms with Gasteiger partial charge in [-0.1, -0.05) is 29.3 Å². The summed E-state index contributed by atoms with van der Waals surface area (Å²) in [4.78, 5) is 0. The Morgan fingerprint density at radius 3 is 2.00 bits per heavy atom. The highest BCUT2D eigenvalue weighted by Gasteiger charge is 2.10. The molecule has 0 heterocycles. The molecule has 0 aliphatic rings. The second-order valence-electron chi connectivity index (χ2n) is 2.41. The van der Waals surface area contributed by atoms with Crippen molar-refractivity contribution in [2.24, 2.45) is 0 Å². The summed E-state index contributed by atoms with van der Waals surface area (Å²) in [5.74, 6) is 0. The summed E-state index contributed by atoms with van der Waals surface area (Å²) < 4.78 is 22.6. The topological polar surface area (TPSA) is 40.5 Å².